The van der Waals surface area contributed by atoms with Crippen LogP contribution in [0.2, 0.25) is 0 Å². The summed E-state index contributed by atoms with van der Waals surface area (Å²) in [5.74, 6) is 0. The molecule has 0 aliphatic rings. The predicted octanol–water partition coefficient (Wildman–Crippen LogP) is 1.78. The van der Waals surface area contributed by atoms with E-state index in [2.05, 4.69) is 5.10 Å². The number of rotatable bonds is 1. The SMILES string of the molecule is Cc1cccc(-n2[nH]c(=O)cc2C)c1. The molecule has 0 saturated carbocycles. The van der Waals surface area contributed by atoms with Crippen molar-refractivity contribution in [2.45, 2.75) is 13.8 Å². The largest absolute Gasteiger partial charge is 0.268 e. The van der Waals surface area contributed by atoms with Gasteiger partial charge in [-0.05, 0) is 31.5 Å². The molecule has 0 radical (unpaired) electrons. The van der Waals surface area contributed by atoms with E-state index >= 15 is 0 Å². The molecule has 0 aliphatic heterocycles. The number of nitrogens with one attached hydrogen (secondary N) is 1. The van der Waals surface area contributed by atoms with Crippen molar-refractivity contribution in [3.63, 3.8) is 0 Å². The Balaban J connectivity index is 2.59. The van der Waals surface area contributed by atoms with Crippen molar-refractivity contribution in [3.05, 3.63) is 51.9 Å². The summed E-state index contributed by atoms with van der Waals surface area (Å²) < 4.78 is 1.79. The third-order valence-corrected chi connectivity index (χ3v) is 2.17. The minimum Gasteiger partial charge on any atom is -0.268 e. The van der Waals surface area contributed by atoms with Gasteiger partial charge in [0.15, 0.2) is 0 Å². The van der Waals surface area contributed by atoms with Gasteiger partial charge in [-0.15, -0.1) is 0 Å². The van der Waals surface area contributed by atoms with Gasteiger partial charge in [-0.1, -0.05) is 12.1 Å². The van der Waals surface area contributed by atoms with Gasteiger partial charge in [-0.25, -0.2) is 0 Å². The first kappa shape index (κ1) is 8.81. The van der Waals surface area contributed by atoms with Gasteiger partial charge in [0.25, 0.3) is 5.56 Å². The first-order valence-electron chi connectivity index (χ1n) is 4.52. The van der Waals surface area contributed by atoms with Crippen LogP contribution < -0.4 is 5.56 Å². The molecular weight excluding hydrogens is 176 g/mol. The van der Waals surface area contributed by atoms with Crippen LogP contribution in [0.5, 0.6) is 0 Å². The van der Waals surface area contributed by atoms with Crippen LogP contribution in [0.3, 0.4) is 0 Å². The molecule has 3 heteroatoms. The lowest BCUT2D eigenvalue weighted by Gasteiger charge is -2.05. The Hall–Kier alpha value is -1.77. The third kappa shape index (κ3) is 1.48. The molecule has 0 aliphatic carbocycles. The highest BCUT2D eigenvalue weighted by atomic mass is 16.1. The molecule has 0 amide bonds. The molecule has 14 heavy (non-hydrogen) atoms. The molecule has 3 nitrogen and oxygen atoms in total. The van der Waals surface area contributed by atoms with Crippen molar-refractivity contribution < 1.29 is 0 Å². The van der Waals surface area contributed by atoms with Gasteiger partial charge in [0.2, 0.25) is 0 Å². The van der Waals surface area contributed by atoms with Gasteiger partial charge in [-0.3, -0.25) is 14.6 Å². The summed E-state index contributed by atoms with van der Waals surface area (Å²) >= 11 is 0. The fourth-order valence-electron chi connectivity index (χ4n) is 1.52. The number of benzene rings is 1. The van der Waals surface area contributed by atoms with Crippen molar-refractivity contribution in [2.75, 3.05) is 0 Å². The second-order valence-corrected chi connectivity index (χ2v) is 3.44. The van der Waals surface area contributed by atoms with Crippen LogP contribution in [0.25, 0.3) is 5.69 Å². The van der Waals surface area contributed by atoms with Crippen molar-refractivity contribution in [1.82, 2.24) is 9.78 Å². The summed E-state index contributed by atoms with van der Waals surface area (Å²) in [4.78, 5) is 11.1. The summed E-state index contributed by atoms with van der Waals surface area (Å²) in [6, 6.07) is 9.59. The lowest BCUT2D eigenvalue weighted by atomic mass is 10.2. The van der Waals surface area contributed by atoms with E-state index in [4.69, 9.17) is 0 Å². The van der Waals surface area contributed by atoms with Gasteiger partial charge in [0, 0.05) is 11.8 Å². The number of aromatic amines is 1. The van der Waals surface area contributed by atoms with E-state index in [0.29, 0.717) is 0 Å². The van der Waals surface area contributed by atoms with E-state index < -0.39 is 0 Å². The quantitative estimate of drug-likeness (QED) is 0.727. The minimum atomic E-state index is -0.0657. The van der Waals surface area contributed by atoms with Gasteiger partial charge in [0.05, 0.1) is 5.69 Å². The van der Waals surface area contributed by atoms with Crippen molar-refractivity contribution in [2.24, 2.45) is 0 Å². The number of hydrogen-bond acceptors (Lipinski definition) is 1. The van der Waals surface area contributed by atoms with Crippen molar-refractivity contribution in [3.8, 4) is 5.69 Å². The summed E-state index contributed by atoms with van der Waals surface area (Å²) in [5.41, 5.74) is 3.02. The molecule has 0 bridgehead atoms. The van der Waals surface area contributed by atoms with Crippen LogP contribution in [0.15, 0.2) is 35.1 Å². The van der Waals surface area contributed by atoms with Gasteiger partial charge in [0.1, 0.15) is 0 Å². The molecule has 0 spiro atoms. The Bertz CT molecular complexity index is 508. The maximum Gasteiger partial charge on any atom is 0.264 e. The topological polar surface area (TPSA) is 37.8 Å². The molecule has 0 unspecified atom stereocenters. The van der Waals surface area contributed by atoms with E-state index in [0.717, 1.165) is 11.4 Å². The Kier molecular flexibility index (Phi) is 2.00. The maximum atomic E-state index is 11.1. The molecule has 0 saturated heterocycles. The molecule has 1 aromatic carbocycles. The Morgan fingerprint density at radius 2 is 2.00 bits per heavy atom. The van der Waals surface area contributed by atoms with Crippen LogP contribution >= 0.6 is 0 Å². The number of aromatic nitrogens is 2. The predicted molar refractivity (Wildman–Crippen MR) is 55.9 cm³/mol. The Morgan fingerprint density at radius 1 is 1.21 bits per heavy atom. The highest BCUT2D eigenvalue weighted by molar-refractivity contribution is 5.35. The lowest BCUT2D eigenvalue weighted by molar-refractivity contribution is 0.833. The zero-order valence-electron chi connectivity index (χ0n) is 8.24. The molecule has 1 N–H and O–H groups in total. The summed E-state index contributed by atoms with van der Waals surface area (Å²) in [7, 11) is 0. The zero-order valence-corrected chi connectivity index (χ0v) is 8.24. The zero-order chi connectivity index (χ0) is 10.1. The fraction of sp³-hybridized carbons (Fsp3) is 0.182. The molecule has 0 atom stereocenters. The van der Waals surface area contributed by atoms with Gasteiger partial charge < -0.3 is 0 Å². The minimum absolute atomic E-state index is 0.0657. The number of hydrogen-bond donors (Lipinski definition) is 1. The fourth-order valence-corrected chi connectivity index (χ4v) is 1.52. The average Bonchev–Trinajstić information content (AvgIpc) is 2.45. The average molecular weight is 188 g/mol. The normalized spacial score (nSPS) is 10.4. The lowest BCUT2D eigenvalue weighted by Crippen LogP contribution is -2.04. The van der Waals surface area contributed by atoms with Crippen molar-refractivity contribution in [1.29, 1.82) is 0 Å². The monoisotopic (exact) mass is 188 g/mol. The highest BCUT2D eigenvalue weighted by Crippen LogP contribution is 2.09. The van der Waals surface area contributed by atoms with Gasteiger partial charge >= 0.3 is 0 Å². The maximum absolute atomic E-state index is 11.1. The number of aryl methyl sites for hydroxylation is 2. The summed E-state index contributed by atoms with van der Waals surface area (Å²) in [6.07, 6.45) is 0. The van der Waals surface area contributed by atoms with E-state index in [1.54, 1.807) is 10.7 Å². The number of nitrogens with zero attached hydrogens (tertiary/aromatic N) is 1. The standard InChI is InChI=1S/C11H12N2O/c1-8-4-3-5-10(6-8)13-9(2)7-11(14)12-13/h3-7H,1-2H3,(H,12,14). The van der Waals surface area contributed by atoms with E-state index in [1.807, 2.05) is 38.1 Å². The smallest absolute Gasteiger partial charge is 0.264 e. The van der Waals surface area contributed by atoms with Gasteiger partial charge in [-0.2, -0.15) is 0 Å². The molecule has 72 valence electrons. The molecule has 2 aromatic rings. The van der Waals surface area contributed by atoms with E-state index in [-0.39, 0.29) is 5.56 Å². The third-order valence-electron chi connectivity index (χ3n) is 2.17. The van der Waals surface area contributed by atoms with Crippen LogP contribution in [0.4, 0.5) is 0 Å². The molecule has 0 fully saturated rings. The van der Waals surface area contributed by atoms with E-state index in [1.165, 1.54) is 5.56 Å². The molecule has 1 heterocycles. The second-order valence-electron chi connectivity index (χ2n) is 3.44. The number of H-pyrrole nitrogens is 1. The van der Waals surface area contributed by atoms with Crippen LogP contribution in [-0.2, 0) is 0 Å². The molecule has 1 aromatic heterocycles. The Morgan fingerprint density at radius 3 is 2.57 bits per heavy atom. The first-order valence-corrected chi connectivity index (χ1v) is 4.52. The first-order chi connectivity index (χ1) is 6.66. The summed E-state index contributed by atoms with van der Waals surface area (Å²) in [6.45, 7) is 3.93. The van der Waals surface area contributed by atoms with Crippen LogP contribution in [-0.4, -0.2) is 9.78 Å². The molecular formula is C11H12N2O. The second kappa shape index (κ2) is 3.18. The van der Waals surface area contributed by atoms with Crippen LogP contribution in [0.1, 0.15) is 11.3 Å². The van der Waals surface area contributed by atoms with Crippen molar-refractivity contribution >= 4 is 0 Å². The van der Waals surface area contributed by atoms with Crippen LogP contribution in [0, 0.1) is 13.8 Å². The van der Waals surface area contributed by atoms with E-state index in [9.17, 15) is 4.79 Å². The highest BCUT2D eigenvalue weighted by Gasteiger charge is 2.01. The summed E-state index contributed by atoms with van der Waals surface area (Å²) in [5, 5.41) is 2.75. The Labute approximate surface area is 82.0 Å². The molecule has 2 rings (SSSR count).